The highest BCUT2D eigenvalue weighted by Gasteiger charge is 2.55. The van der Waals surface area contributed by atoms with Gasteiger partial charge in [-0.05, 0) is 101 Å². The molecule has 5 aromatic rings. The minimum atomic E-state index is -0.695. The van der Waals surface area contributed by atoms with Gasteiger partial charge in [-0.2, -0.15) is 0 Å². The number of ether oxygens (including phenoxy) is 3. The van der Waals surface area contributed by atoms with Gasteiger partial charge >= 0.3 is 12.2 Å². The lowest BCUT2D eigenvalue weighted by atomic mass is 9.90. The van der Waals surface area contributed by atoms with Crippen LogP contribution in [0.2, 0.25) is 0 Å². The highest BCUT2D eigenvalue weighted by atomic mass is 16.5. The van der Waals surface area contributed by atoms with Crippen LogP contribution in [0.15, 0.2) is 73.1 Å². The van der Waals surface area contributed by atoms with Crippen LogP contribution in [0.1, 0.15) is 89.4 Å². The van der Waals surface area contributed by atoms with E-state index in [1.54, 1.807) is 0 Å². The first kappa shape index (κ1) is 44.0. The first-order valence-electron chi connectivity index (χ1n) is 23.1. The molecule has 342 valence electrons. The lowest BCUT2D eigenvalue weighted by Gasteiger charge is -2.35. The van der Waals surface area contributed by atoms with Crippen molar-refractivity contribution in [3.05, 3.63) is 84.7 Å². The van der Waals surface area contributed by atoms with Gasteiger partial charge in [-0.1, -0.05) is 75.7 Å². The minimum absolute atomic E-state index is 0.0357. The number of carbonyl (C=O) groups excluding carboxylic acids is 4. The fourth-order valence-electron chi connectivity index (χ4n) is 10.4. The van der Waals surface area contributed by atoms with Crippen LogP contribution in [0.4, 0.5) is 9.59 Å². The maximum Gasteiger partial charge on any atom is 0.407 e. The summed E-state index contributed by atoms with van der Waals surface area (Å²) in [5.74, 6) is 1.38. The number of rotatable bonds is 12. The number of aromatic nitrogens is 4. The van der Waals surface area contributed by atoms with Gasteiger partial charge in [0, 0.05) is 31.9 Å². The van der Waals surface area contributed by atoms with Crippen molar-refractivity contribution in [3.8, 4) is 33.6 Å². The van der Waals surface area contributed by atoms with Crippen LogP contribution in [0.3, 0.4) is 0 Å². The number of nitrogens with one attached hydrogen (secondary N) is 4. The molecule has 4 N–H and O–H groups in total. The van der Waals surface area contributed by atoms with Crippen molar-refractivity contribution in [2.24, 2.45) is 23.2 Å². The van der Waals surface area contributed by atoms with E-state index in [1.807, 2.05) is 36.0 Å². The van der Waals surface area contributed by atoms with E-state index in [2.05, 4.69) is 88.2 Å². The molecular weight excluding hydrogens is 825 g/mol. The summed E-state index contributed by atoms with van der Waals surface area (Å²) in [6.07, 6.45) is 8.62. The Morgan fingerprint density at radius 2 is 1.37 bits per heavy atom. The third kappa shape index (κ3) is 8.94. The monoisotopic (exact) mass is 884 g/mol. The van der Waals surface area contributed by atoms with Crippen molar-refractivity contribution in [1.82, 2.24) is 40.4 Å². The van der Waals surface area contributed by atoms with E-state index in [0.29, 0.717) is 39.1 Å². The van der Waals surface area contributed by atoms with Crippen molar-refractivity contribution in [2.45, 2.75) is 89.9 Å². The standard InChI is InChI=1S/C50H60N8O7/c1-6-30-15-20-57(47(60)42(56-49(62)64-5)33-16-21-65-22-17-33)43(30)45-52-26-38(54-45)32-9-7-31(8-10-32)34-11-12-36-24-37(14-13-35(36)23-34)39-27-51-44(53-39)40-25-50(18-19-50)28-58(40)46(59)41(29(2)3)55-48(61)63-4/h7-14,23-24,26-27,29-30,33,40-43H,6,15-22,25,28H2,1-5H3,(H,51,53)(H,52,54)(H,55,61)(H,56,62)/t30-,40+,41+,42+,43+/m1/s1. The first-order chi connectivity index (χ1) is 31.5. The van der Waals surface area contributed by atoms with E-state index >= 15 is 0 Å². The summed E-state index contributed by atoms with van der Waals surface area (Å²) in [5.41, 5.74) is 6.04. The Kier molecular flexibility index (Phi) is 12.4. The highest BCUT2D eigenvalue weighted by Crippen LogP contribution is 2.58. The molecule has 15 nitrogen and oxygen atoms in total. The number of benzene rings is 3. The zero-order chi connectivity index (χ0) is 45.4. The van der Waals surface area contributed by atoms with E-state index in [0.717, 1.165) is 88.2 Å². The molecule has 1 aliphatic carbocycles. The molecule has 0 radical (unpaired) electrons. The van der Waals surface area contributed by atoms with Crippen LogP contribution in [0, 0.1) is 23.2 Å². The Bertz CT molecular complexity index is 2540. The summed E-state index contributed by atoms with van der Waals surface area (Å²) in [7, 11) is 2.62. The Balaban J connectivity index is 0.891. The summed E-state index contributed by atoms with van der Waals surface area (Å²) in [6, 6.07) is 19.5. The lowest BCUT2D eigenvalue weighted by Crippen LogP contribution is -2.53. The van der Waals surface area contributed by atoms with E-state index < -0.39 is 24.3 Å². The van der Waals surface area contributed by atoms with Crippen LogP contribution in [0.25, 0.3) is 44.4 Å². The SMILES string of the molecule is CC[C@@H]1CCN(C(=O)[C@@H](NC(=O)OC)C2CCOCC2)[C@@H]1c1ncc(-c2ccc(-c3ccc4cc(-c5cnc([C@@H]6CC7(CC7)CN6C(=O)[C@@H](NC(=O)OC)C(C)C)[nH]5)ccc4c3)cc2)[nH]1. The van der Waals surface area contributed by atoms with E-state index in [9.17, 15) is 19.2 Å². The fourth-order valence-corrected chi connectivity index (χ4v) is 10.4. The molecule has 0 bridgehead atoms. The number of aromatic amines is 2. The van der Waals surface area contributed by atoms with Crippen LogP contribution in [-0.4, -0.2) is 106 Å². The second-order valence-corrected chi connectivity index (χ2v) is 18.8. The Morgan fingerprint density at radius 1 is 0.769 bits per heavy atom. The predicted octanol–water partition coefficient (Wildman–Crippen LogP) is 8.17. The van der Waals surface area contributed by atoms with Crippen molar-refractivity contribution < 1.29 is 33.4 Å². The second-order valence-electron chi connectivity index (χ2n) is 18.8. The van der Waals surface area contributed by atoms with Crippen LogP contribution >= 0.6 is 0 Å². The predicted molar refractivity (Wildman–Crippen MR) is 245 cm³/mol. The van der Waals surface area contributed by atoms with Crippen molar-refractivity contribution >= 4 is 34.8 Å². The maximum atomic E-state index is 14.3. The molecule has 9 rings (SSSR count). The molecule has 3 aromatic carbocycles. The smallest absolute Gasteiger partial charge is 0.407 e. The number of likely N-dealkylation sites (tertiary alicyclic amines) is 2. The number of nitrogens with zero attached hydrogens (tertiary/aromatic N) is 4. The third-order valence-electron chi connectivity index (χ3n) is 14.4. The van der Waals surface area contributed by atoms with Gasteiger partial charge in [0.1, 0.15) is 23.7 Å². The number of hydrogen-bond acceptors (Lipinski definition) is 9. The Labute approximate surface area is 379 Å². The van der Waals surface area contributed by atoms with Gasteiger partial charge in [0.25, 0.3) is 0 Å². The van der Waals surface area contributed by atoms with Crippen LogP contribution in [-0.2, 0) is 23.8 Å². The summed E-state index contributed by atoms with van der Waals surface area (Å²) in [5, 5.41) is 7.81. The summed E-state index contributed by atoms with van der Waals surface area (Å²) in [4.78, 5) is 73.3. The number of carbonyl (C=O) groups is 4. The molecule has 65 heavy (non-hydrogen) atoms. The summed E-state index contributed by atoms with van der Waals surface area (Å²) < 4.78 is 15.3. The van der Waals surface area contributed by atoms with Gasteiger partial charge < -0.3 is 44.6 Å². The molecule has 3 saturated heterocycles. The lowest BCUT2D eigenvalue weighted by molar-refractivity contribution is -0.137. The molecule has 15 heteroatoms. The average Bonchev–Trinajstić information content (AvgIpc) is 3.83. The van der Waals surface area contributed by atoms with Gasteiger partial charge in [-0.15, -0.1) is 0 Å². The molecular formula is C50H60N8O7. The van der Waals surface area contributed by atoms with Gasteiger partial charge in [0.05, 0.1) is 50.1 Å². The van der Waals surface area contributed by atoms with Gasteiger partial charge in [0.2, 0.25) is 11.8 Å². The topological polar surface area (TPSA) is 184 Å². The first-order valence-corrected chi connectivity index (χ1v) is 23.1. The number of amides is 4. The Morgan fingerprint density at radius 3 is 2.03 bits per heavy atom. The molecule has 5 atom stereocenters. The summed E-state index contributed by atoms with van der Waals surface area (Å²) in [6.45, 7) is 8.36. The molecule has 4 aliphatic rings. The quantitative estimate of drug-likeness (QED) is 0.0960. The number of alkyl carbamates (subject to hydrolysis) is 2. The number of H-pyrrole nitrogens is 2. The van der Waals surface area contributed by atoms with E-state index in [1.165, 1.54) is 14.2 Å². The number of methoxy groups -OCH3 is 2. The number of fused-ring (bicyclic) bond motifs is 1. The molecule has 4 fully saturated rings. The Hall–Kier alpha value is -6.22. The maximum absolute atomic E-state index is 14.3. The molecule has 2 aromatic heterocycles. The molecule has 5 heterocycles. The van der Waals surface area contributed by atoms with Gasteiger partial charge in [0.15, 0.2) is 0 Å². The molecule has 1 saturated carbocycles. The zero-order valence-electron chi connectivity index (χ0n) is 37.9. The average molecular weight is 885 g/mol. The van der Waals surface area contributed by atoms with E-state index in [4.69, 9.17) is 24.2 Å². The third-order valence-corrected chi connectivity index (χ3v) is 14.4. The number of imidazole rings is 2. The molecule has 3 aliphatic heterocycles. The van der Waals surface area contributed by atoms with E-state index in [-0.39, 0.29) is 47.1 Å². The van der Waals surface area contributed by atoms with Crippen molar-refractivity contribution in [2.75, 3.05) is 40.5 Å². The zero-order valence-corrected chi connectivity index (χ0v) is 37.9. The van der Waals surface area contributed by atoms with Gasteiger partial charge in [-0.3, -0.25) is 9.59 Å². The largest absolute Gasteiger partial charge is 0.453 e. The minimum Gasteiger partial charge on any atom is -0.453 e. The number of hydrogen-bond donors (Lipinski definition) is 4. The van der Waals surface area contributed by atoms with Gasteiger partial charge in [-0.25, -0.2) is 19.6 Å². The van der Waals surface area contributed by atoms with Crippen molar-refractivity contribution in [3.63, 3.8) is 0 Å². The molecule has 1 spiro atoms. The molecule has 4 amide bonds. The fraction of sp³-hybridized carbons (Fsp3) is 0.480. The van der Waals surface area contributed by atoms with Crippen LogP contribution < -0.4 is 10.6 Å². The highest BCUT2D eigenvalue weighted by molar-refractivity contribution is 5.91. The normalized spacial score (nSPS) is 21.4. The van der Waals surface area contributed by atoms with Crippen LogP contribution in [0.5, 0.6) is 0 Å². The summed E-state index contributed by atoms with van der Waals surface area (Å²) >= 11 is 0. The molecule has 0 unspecified atom stereocenters. The van der Waals surface area contributed by atoms with Crippen molar-refractivity contribution in [1.29, 1.82) is 0 Å². The second kappa shape index (κ2) is 18.3.